The number of nitrogens with zero attached hydrogens (tertiary/aromatic N) is 4. The number of hydrogen-bond donors (Lipinski definition) is 2. The Balaban J connectivity index is 2.01. The third-order valence-electron chi connectivity index (χ3n) is 3.36. The van der Waals surface area contributed by atoms with Gasteiger partial charge in [-0.05, 0) is 51.1 Å². The van der Waals surface area contributed by atoms with E-state index in [2.05, 4.69) is 52.9 Å². The molecule has 128 valence electrons. The first-order valence-corrected chi connectivity index (χ1v) is 7.88. The van der Waals surface area contributed by atoms with Crippen molar-refractivity contribution >= 4 is 28.4 Å². The van der Waals surface area contributed by atoms with Crippen LogP contribution >= 0.6 is 0 Å². The van der Waals surface area contributed by atoms with Crippen molar-refractivity contribution in [1.82, 2.24) is 19.5 Å². The van der Waals surface area contributed by atoms with E-state index in [9.17, 15) is 4.79 Å². The van der Waals surface area contributed by atoms with Gasteiger partial charge in [0.15, 0.2) is 0 Å². The molecule has 0 saturated heterocycles. The zero-order chi connectivity index (χ0) is 18.0. The van der Waals surface area contributed by atoms with Crippen LogP contribution < -0.4 is 10.6 Å². The average molecular weight is 336 g/mol. The van der Waals surface area contributed by atoms with E-state index in [1.165, 1.54) is 6.08 Å². The van der Waals surface area contributed by atoms with Crippen LogP contribution in [0.4, 0.5) is 11.5 Å². The number of imidazole rings is 1. The summed E-state index contributed by atoms with van der Waals surface area (Å²) in [6, 6.07) is 7.28. The smallest absolute Gasteiger partial charge is 0.247 e. The molecule has 0 aliphatic heterocycles. The highest BCUT2D eigenvalue weighted by Gasteiger charge is 2.13. The Hall–Kier alpha value is -3.22. The van der Waals surface area contributed by atoms with E-state index in [1.807, 2.05) is 18.2 Å². The van der Waals surface area contributed by atoms with Gasteiger partial charge in [-0.3, -0.25) is 9.36 Å². The van der Waals surface area contributed by atoms with Crippen LogP contribution in [-0.4, -0.2) is 31.0 Å². The first kappa shape index (κ1) is 16.6. The molecule has 0 unspecified atom stereocenters. The lowest BCUT2D eigenvalue weighted by molar-refractivity contribution is -0.111. The van der Waals surface area contributed by atoms with E-state index in [4.69, 9.17) is 0 Å². The van der Waals surface area contributed by atoms with Gasteiger partial charge in [0.05, 0.1) is 11.0 Å². The largest absolute Gasteiger partial charge is 0.365 e. The van der Waals surface area contributed by atoms with Crippen LogP contribution in [0.5, 0.6) is 0 Å². The number of carbonyl (C=O) groups is 1. The van der Waals surface area contributed by atoms with Gasteiger partial charge in [0.1, 0.15) is 12.1 Å². The van der Waals surface area contributed by atoms with E-state index >= 15 is 0 Å². The second kappa shape index (κ2) is 6.35. The lowest BCUT2D eigenvalue weighted by Crippen LogP contribution is -2.26. The van der Waals surface area contributed by atoms with E-state index in [-0.39, 0.29) is 11.4 Å². The minimum Gasteiger partial charge on any atom is -0.365 e. The molecule has 3 rings (SSSR count). The molecule has 25 heavy (non-hydrogen) atoms. The van der Waals surface area contributed by atoms with Crippen molar-refractivity contribution in [3.05, 3.63) is 49.4 Å². The molecular formula is C18H20N6O. The van der Waals surface area contributed by atoms with E-state index < -0.39 is 0 Å². The lowest BCUT2D eigenvalue weighted by atomic mass is 10.1. The monoisotopic (exact) mass is 336 g/mol. The van der Waals surface area contributed by atoms with Crippen molar-refractivity contribution in [3.8, 4) is 5.95 Å². The van der Waals surface area contributed by atoms with Gasteiger partial charge < -0.3 is 10.6 Å². The normalized spacial score (nSPS) is 11.3. The summed E-state index contributed by atoms with van der Waals surface area (Å²) < 4.78 is 1.78. The van der Waals surface area contributed by atoms with E-state index in [0.717, 1.165) is 16.9 Å². The molecule has 0 atom stereocenters. The maximum absolute atomic E-state index is 11.5. The highest BCUT2D eigenvalue weighted by molar-refractivity contribution is 6.00. The number of carbonyl (C=O) groups excluding carboxylic acids is 1. The average Bonchev–Trinajstić information content (AvgIpc) is 2.96. The fourth-order valence-electron chi connectivity index (χ4n) is 2.36. The first-order valence-electron chi connectivity index (χ1n) is 7.88. The summed E-state index contributed by atoms with van der Waals surface area (Å²) in [4.78, 5) is 24.8. The molecule has 1 amide bonds. The summed E-state index contributed by atoms with van der Waals surface area (Å²) in [6.07, 6.45) is 4.60. The quantitative estimate of drug-likeness (QED) is 0.715. The topological polar surface area (TPSA) is 84.7 Å². The first-order chi connectivity index (χ1) is 11.9. The second-order valence-corrected chi connectivity index (χ2v) is 6.63. The number of anilines is 2. The van der Waals surface area contributed by atoms with E-state index in [0.29, 0.717) is 11.6 Å². The summed E-state index contributed by atoms with van der Waals surface area (Å²) in [5.41, 5.74) is 2.14. The Morgan fingerprint density at radius 3 is 2.76 bits per heavy atom. The fraction of sp³-hybridized carbons (Fsp3) is 0.222. The van der Waals surface area contributed by atoms with Crippen LogP contribution in [-0.2, 0) is 4.79 Å². The molecule has 7 nitrogen and oxygen atoms in total. The maximum atomic E-state index is 11.5. The molecule has 0 aliphatic rings. The van der Waals surface area contributed by atoms with Gasteiger partial charge in [-0.15, -0.1) is 0 Å². The predicted molar refractivity (Wildman–Crippen MR) is 98.9 cm³/mol. The summed E-state index contributed by atoms with van der Waals surface area (Å²) in [5.74, 6) is 0.970. The number of fused-ring (bicyclic) bond motifs is 1. The minimum absolute atomic E-state index is 0.106. The molecule has 2 N–H and O–H groups in total. The van der Waals surface area contributed by atoms with Gasteiger partial charge in [-0.1, -0.05) is 6.58 Å². The molecule has 2 aromatic heterocycles. The molecular weight excluding hydrogens is 316 g/mol. The molecule has 0 spiro atoms. The van der Waals surface area contributed by atoms with Crippen molar-refractivity contribution in [1.29, 1.82) is 0 Å². The van der Waals surface area contributed by atoms with Crippen LogP contribution in [0, 0.1) is 0 Å². The molecule has 0 bridgehead atoms. The molecule has 0 saturated carbocycles. The van der Waals surface area contributed by atoms with Crippen molar-refractivity contribution in [3.63, 3.8) is 0 Å². The van der Waals surface area contributed by atoms with Gasteiger partial charge >= 0.3 is 0 Å². The molecule has 1 aromatic carbocycles. The van der Waals surface area contributed by atoms with Crippen molar-refractivity contribution in [2.75, 3.05) is 10.6 Å². The van der Waals surface area contributed by atoms with Gasteiger partial charge in [0, 0.05) is 17.4 Å². The zero-order valence-electron chi connectivity index (χ0n) is 14.4. The molecule has 7 heteroatoms. The maximum Gasteiger partial charge on any atom is 0.247 e. The SMILES string of the molecule is C=CC(=O)Nc1ccc2ncn(-c3nccc(NC(C)(C)C)n3)c2c1. The highest BCUT2D eigenvalue weighted by atomic mass is 16.1. The number of hydrogen-bond acceptors (Lipinski definition) is 5. The molecule has 0 aliphatic carbocycles. The Morgan fingerprint density at radius 2 is 2.04 bits per heavy atom. The Morgan fingerprint density at radius 1 is 1.24 bits per heavy atom. The number of benzene rings is 1. The third-order valence-corrected chi connectivity index (χ3v) is 3.36. The van der Waals surface area contributed by atoms with Crippen molar-refractivity contribution < 1.29 is 4.79 Å². The Labute approximate surface area is 145 Å². The van der Waals surface area contributed by atoms with Gasteiger partial charge in [0.25, 0.3) is 0 Å². The van der Waals surface area contributed by atoms with Gasteiger partial charge in [-0.25, -0.2) is 9.97 Å². The highest BCUT2D eigenvalue weighted by Crippen LogP contribution is 2.21. The third kappa shape index (κ3) is 3.82. The second-order valence-electron chi connectivity index (χ2n) is 6.63. The lowest BCUT2D eigenvalue weighted by Gasteiger charge is -2.21. The fourth-order valence-corrected chi connectivity index (χ4v) is 2.36. The number of amides is 1. The number of aromatic nitrogens is 4. The Bertz CT molecular complexity index is 938. The van der Waals surface area contributed by atoms with Crippen LogP contribution in [0.2, 0.25) is 0 Å². The molecule has 0 radical (unpaired) electrons. The standard InChI is InChI=1S/C18H20N6O/c1-5-16(25)21-12-6-7-13-14(10-12)24(11-20-13)17-19-9-8-15(22-17)23-18(2,3)4/h5-11H,1H2,2-4H3,(H,21,25)(H,19,22,23). The minimum atomic E-state index is -0.266. The molecule has 0 fully saturated rings. The summed E-state index contributed by atoms with van der Waals surface area (Å²) in [5, 5.41) is 6.07. The number of rotatable bonds is 4. The van der Waals surface area contributed by atoms with Gasteiger partial charge in [-0.2, -0.15) is 4.98 Å². The van der Waals surface area contributed by atoms with Crippen LogP contribution in [0.25, 0.3) is 17.0 Å². The van der Waals surface area contributed by atoms with Crippen LogP contribution in [0.1, 0.15) is 20.8 Å². The van der Waals surface area contributed by atoms with Crippen LogP contribution in [0.3, 0.4) is 0 Å². The molecule has 3 aromatic rings. The van der Waals surface area contributed by atoms with Crippen LogP contribution in [0.15, 0.2) is 49.4 Å². The van der Waals surface area contributed by atoms with Crippen molar-refractivity contribution in [2.45, 2.75) is 26.3 Å². The summed E-state index contributed by atoms with van der Waals surface area (Å²) >= 11 is 0. The summed E-state index contributed by atoms with van der Waals surface area (Å²) in [6.45, 7) is 9.65. The zero-order valence-corrected chi connectivity index (χ0v) is 14.4. The predicted octanol–water partition coefficient (Wildman–Crippen LogP) is 3.15. The van der Waals surface area contributed by atoms with E-state index in [1.54, 1.807) is 23.2 Å². The molecule has 2 heterocycles. The Kier molecular flexibility index (Phi) is 4.22. The van der Waals surface area contributed by atoms with Gasteiger partial charge in [0.2, 0.25) is 11.9 Å². The number of nitrogens with one attached hydrogen (secondary N) is 2. The summed E-state index contributed by atoms with van der Waals surface area (Å²) in [7, 11) is 0. The van der Waals surface area contributed by atoms with Crippen molar-refractivity contribution in [2.24, 2.45) is 0 Å².